The number of benzene rings is 1. The Kier molecular flexibility index (Phi) is 5.11. The van der Waals surface area contributed by atoms with Crippen molar-refractivity contribution < 1.29 is 22.7 Å². The van der Waals surface area contributed by atoms with Crippen LogP contribution in [0.1, 0.15) is 30.5 Å². The first-order valence-electron chi connectivity index (χ1n) is 9.64. The molecule has 0 fully saturated rings. The van der Waals surface area contributed by atoms with Crippen LogP contribution in [-0.2, 0) is 27.8 Å². The Balaban J connectivity index is 1.72. The molecule has 1 aliphatic rings. The van der Waals surface area contributed by atoms with Crippen LogP contribution in [0.15, 0.2) is 47.5 Å². The first-order valence-corrected chi connectivity index (χ1v) is 11.1. The second-order valence-corrected chi connectivity index (χ2v) is 9.57. The molecule has 30 heavy (non-hydrogen) atoms. The number of sulfonamides is 1. The Morgan fingerprint density at radius 2 is 2.00 bits per heavy atom. The molecule has 7 nitrogen and oxygen atoms in total. The molecule has 4 rings (SSSR count). The number of carboxylic acid groups (broad SMARTS) is 1. The van der Waals surface area contributed by atoms with Gasteiger partial charge in [0.2, 0.25) is 10.0 Å². The fourth-order valence-electron chi connectivity index (χ4n) is 4.20. The van der Waals surface area contributed by atoms with Gasteiger partial charge in [-0.2, -0.15) is 4.31 Å². The first-order chi connectivity index (χ1) is 14.2. The molecule has 0 saturated carbocycles. The van der Waals surface area contributed by atoms with Crippen LogP contribution in [0.4, 0.5) is 4.39 Å². The van der Waals surface area contributed by atoms with E-state index in [1.807, 2.05) is 10.6 Å². The lowest BCUT2D eigenvalue weighted by Gasteiger charge is -2.32. The van der Waals surface area contributed by atoms with E-state index in [1.165, 1.54) is 23.5 Å². The average molecular weight is 431 g/mol. The molecule has 0 aliphatic carbocycles. The molecule has 0 radical (unpaired) electrons. The standard InChI is InChI=1S/C21H22FN3O4S/c1-13(21(26)27)19-17-4-3-11-23-20(17)25-12-15(7-10-18(19)25)24(2)30(28,29)16-8-5-14(22)6-9-16/h3-6,8-9,11,13,15H,7,10,12H2,1-2H3,(H,26,27)/t13?,15-/m1/s1. The molecular weight excluding hydrogens is 409 g/mol. The quantitative estimate of drug-likeness (QED) is 0.670. The zero-order valence-corrected chi connectivity index (χ0v) is 17.4. The molecule has 2 aromatic heterocycles. The molecule has 0 spiro atoms. The summed E-state index contributed by atoms with van der Waals surface area (Å²) in [4.78, 5) is 16.1. The van der Waals surface area contributed by atoms with Gasteiger partial charge in [-0.3, -0.25) is 4.79 Å². The zero-order chi connectivity index (χ0) is 21.6. The Morgan fingerprint density at radius 1 is 1.30 bits per heavy atom. The number of carboxylic acids is 1. The summed E-state index contributed by atoms with van der Waals surface area (Å²) in [7, 11) is -2.27. The van der Waals surface area contributed by atoms with Crippen molar-refractivity contribution in [2.75, 3.05) is 7.05 Å². The minimum absolute atomic E-state index is 0.0351. The normalized spacial score (nSPS) is 17.8. The van der Waals surface area contributed by atoms with Gasteiger partial charge in [0, 0.05) is 36.9 Å². The third-order valence-electron chi connectivity index (χ3n) is 5.89. The number of nitrogens with zero attached hydrogens (tertiary/aromatic N) is 3. The van der Waals surface area contributed by atoms with Crippen molar-refractivity contribution in [3.05, 3.63) is 59.7 Å². The predicted molar refractivity (Wildman–Crippen MR) is 109 cm³/mol. The van der Waals surface area contributed by atoms with Gasteiger partial charge in [0.1, 0.15) is 11.5 Å². The highest BCUT2D eigenvalue weighted by Gasteiger charge is 2.35. The number of carbonyl (C=O) groups is 1. The van der Waals surface area contributed by atoms with E-state index >= 15 is 0 Å². The maximum atomic E-state index is 13.2. The van der Waals surface area contributed by atoms with Gasteiger partial charge in [-0.15, -0.1) is 0 Å². The fourth-order valence-corrected chi connectivity index (χ4v) is 5.57. The lowest BCUT2D eigenvalue weighted by molar-refractivity contribution is -0.138. The summed E-state index contributed by atoms with van der Waals surface area (Å²) in [6, 6.07) is 8.07. The number of hydrogen-bond donors (Lipinski definition) is 1. The molecule has 1 unspecified atom stereocenters. The van der Waals surface area contributed by atoms with Gasteiger partial charge in [0.05, 0.1) is 10.8 Å². The first kappa shape index (κ1) is 20.5. The smallest absolute Gasteiger partial charge is 0.310 e. The van der Waals surface area contributed by atoms with E-state index < -0.39 is 27.7 Å². The average Bonchev–Trinajstić information content (AvgIpc) is 3.06. The number of aliphatic carboxylic acids is 1. The predicted octanol–water partition coefficient (Wildman–Crippen LogP) is 3.00. The van der Waals surface area contributed by atoms with E-state index in [-0.39, 0.29) is 10.9 Å². The SMILES string of the molecule is CC(C(=O)O)c1c2n(c3ncccc13)C[C@H](N(C)S(=O)(=O)c1ccc(F)cc1)CC2. The molecule has 158 valence electrons. The fraction of sp³-hybridized carbons (Fsp3) is 0.333. The van der Waals surface area contributed by atoms with Gasteiger partial charge in [-0.05, 0) is 61.7 Å². The number of hydrogen-bond acceptors (Lipinski definition) is 4. The Hall–Kier alpha value is -2.78. The van der Waals surface area contributed by atoms with E-state index in [1.54, 1.807) is 19.2 Å². The molecule has 0 saturated heterocycles. The van der Waals surface area contributed by atoms with E-state index in [0.717, 1.165) is 28.8 Å². The molecule has 0 amide bonds. The summed E-state index contributed by atoms with van der Waals surface area (Å²) >= 11 is 0. The van der Waals surface area contributed by atoms with Crippen molar-refractivity contribution in [2.24, 2.45) is 0 Å². The van der Waals surface area contributed by atoms with Crippen LogP contribution in [0.3, 0.4) is 0 Å². The van der Waals surface area contributed by atoms with Gasteiger partial charge >= 0.3 is 5.97 Å². The molecule has 3 heterocycles. The molecular formula is C21H22FN3O4S. The van der Waals surface area contributed by atoms with Gasteiger partial charge in [0.15, 0.2) is 0 Å². The number of fused-ring (bicyclic) bond motifs is 3. The Labute approximate surface area is 173 Å². The number of rotatable bonds is 5. The maximum absolute atomic E-state index is 13.2. The van der Waals surface area contributed by atoms with Crippen LogP contribution < -0.4 is 0 Å². The lowest BCUT2D eigenvalue weighted by atomic mass is 9.94. The van der Waals surface area contributed by atoms with Gasteiger partial charge in [-0.1, -0.05) is 0 Å². The minimum atomic E-state index is -3.80. The lowest BCUT2D eigenvalue weighted by Crippen LogP contribution is -2.42. The molecule has 3 aromatic rings. The van der Waals surface area contributed by atoms with Crippen LogP contribution in [0.2, 0.25) is 0 Å². The van der Waals surface area contributed by atoms with Crippen molar-refractivity contribution in [1.29, 1.82) is 0 Å². The van der Waals surface area contributed by atoms with Crippen LogP contribution in [0.5, 0.6) is 0 Å². The van der Waals surface area contributed by atoms with Crippen LogP contribution in [-0.4, -0.2) is 46.4 Å². The molecule has 2 atom stereocenters. The molecule has 1 N–H and O–H groups in total. The summed E-state index contributed by atoms with van der Waals surface area (Å²) < 4.78 is 42.5. The number of likely N-dealkylation sites (N-methyl/N-ethyl adjacent to an activating group) is 1. The monoisotopic (exact) mass is 431 g/mol. The van der Waals surface area contributed by atoms with Crippen molar-refractivity contribution in [3.8, 4) is 0 Å². The summed E-state index contributed by atoms with van der Waals surface area (Å²) in [6.07, 6.45) is 2.73. The molecule has 0 bridgehead atoms. The van der Waals surface area contributed by atoms with Crippen molar-refractivity contribution in [2.45, 2.75) is 43.2 Å². The maximum Gasteiger partial charge on any atom is 0.310 e. The van der Waals surface area contributed by atoms with Gasteiger partial charge in [-0.25, -0.2) is 17.8 Å². The highest BCUT2D eigenvalue weighted by molar-refractivity contribution is 7.89. The van der Waals surface area contributed by atoms with E-state index in [2.05, 4.69) is 4.98 Å². The van der Waals surface area contributed by atoms with E-state index in [9.17, 15) is 22.7 Å². The largest absolute Gasteiger partial charge is 0.481 e. The molecule has 1 aromatic carbocycles. The zero-order valence-electron chi connectivity index (χ0n) is 16.6. The minimum Gasteiger partial charge on any atom is -0.481 e. The van der Waals surface area contributed by atoms with Crippen LogP contribution in [0, 0.1) is 5.82 Å². The van der Waals surface area contributed by atoms with Gasteiger partial charge < -0.3 is 9.67 Å². The van der Waals surface area contributed by atoms with Crippen molar-refractivity contribution in [3.63, 3.8) is 0 Å². The van der Waals surface area contributed by atoms with Crippen LogP contribution in [0.25, 0.3) is 11.0 Å². The van der Waals surface area contributed by atoms with Gasteiger partial charge in [0.25, 0.3) is 0 Å². The molecule has 9 heteroatoms. The highest BCUT2D eigenvalue weighted by atomic mass is 32.2. The third-order valence-corrected chi connectivity index (χ3v) is 7.81. The number of pyridine rings is 1. The van der Waals surface area contributed by atoms with Crippen LogP contribution >= 0.6 is 0 Å². The highest BCUT2D eigenvalue weighted by Crippen LogP contribution is 2.36. The Bertz CT molecular complexity index is 1220. The number of halogens is 1. The number of aromatic nitrogens is 2. The Morgan fingerprint density at radius 3 is 2.67 bits per heavy atom. The second-order valence-electron chi connectivity index (χ2n) is 7.57. The summed E-state index contributed by atoms with van der Waals surface area (Å²) in [5, 5.41) is 10.3. The topological polar surface area (TPSA) is 92.5 Å². The van der Waals surface area contributed by atoms with E-state index in [4.69, 9.17) is 0 Å². The second kappa shape index (κ2) is 7.48. The van der Waals surface area contributed by atoms with E-state index in [0.29, 0.717) is 25.0 Å². The van der Waals surface area contributed by atoms with Crippen molar-refractivity contribution >= 4 is 27.0 Å². The summed E-state index contributed by atoms with van der Waals surface area (Å²) in [5.41, 5.74) is 2.29. The summed E-state index contributed by atoms with van der Waals surface area (Å²) in [5.74, 6) is -2.10. The third kappa shape index (κ3) is 3.27. The summed E-state index contributed by atoms with van der Waals surface area (Å²) in [6.45, 7) is 2.02. The van der Waals surface area contributed by atoms with Crippen molar-refractivity contribution in [1.82, 2.24) is 13.9 Å². The molecule has 1 aliphatic heterocycles.